The largest absolute Gasteiger partial charge is 0.198 e. The number of nitriles is 3. The van der Waals surface area contributed by atoms with Gasteiger partial charge in [-0.2, -0.15) is 15.8 Å². The molecule has 0 saturated heterocycles. The quantitative estimate of drug-likeness (QED) is 0.143. The molecule has 0 aliphatic rings. The van der Waals surface area contributed by atoms with Crippen molar-refractivity contribution in [3.63, 3.8) is 0 Å². The highest BCUT2D eigenvalue weighted by atomic mass is 32.2. The van der Waals surface area contributed by atoms with Crippen molar-refractivity contribution in [2.45, 2.75) is 39.9 Å². The van der Waals surface area contributed by atoms with Crippen LogP contribution in [0, 0.1) is 34.0 Å². The van der Waals surface area contributed by atoms with Gasteiger partial charge < -0.3 is 0 Å². The topological polar surface area (TPSA) is 71.4 Å². The minimum absolute atomic E-state index is 0.106. The van der Waals surface area contributed by atoms with E-state index in [4.69, 9.17) is 15.8 Å². The first-order chi connectivity index (χ1) is 16.7. The predicted octanol–water partition coefficient (Wildman–Crippen LogP) is 7.88. The number of nitrogens with zero attached hydrogens (tertiary/aromatic N) is 3. The van der Waals surface area contributed by atoms with E-state index in [-0.39, 0.29) is 5.92 Å². The Bertz CT molecular complexity index is 1000. The summed E-state index contributed by atoms with van der Waals surface area (Å²) in [5.74, 6) is 2.51. The molecule has 0 unspecified atom stereocenters. The van der Waals surface area contributed by atoms with Crippen LogP contribution in [0.3, 0.4) is 0 Å². The lowest BCUT2D eigenvalue weighted by Gasteiger charge is -2.20. The third-order valence-electron chi connectivity index (χ3n) is 5.09. The highest BCUT2D eigenvalue weighted by Gasteiger charge is 2.17. The smallest absolute Gasteiger partial charge is 0.0630 e. The fourth-order valence-electron chi connectivity index (χ4n) is 3.49. The average Bonchev–Trinajstić information content (AvgIpc) is 2.87. The number of hydrogen-bond acceptors (Lipinski definition) is 6. The molecular weight excluding hydrogens is 475 g/mol. The first kappa shape index (κ1) is 25.8. The van der Waals surface area contributed by atoms with Crippen LogP contribution in [0.1, 0.15) is 41.9 Å². The summed E-state index contributed by atoms with van der Waals surface area (Å²) in [7, 11) is 0. The summed E-state index contributed by atoms with van der Waals surface area (Å²) in [6.45, 7) is 0. The molecule has 0 atom stereocenters. The van der Waals surface area contributed by atoms with Crippen LogP contribution in [-0.2, 0) is 0 Å². The molecule has 3 aromatic carbocycles. The maximum absolute atomic E-state index is 8.78. The van der Waals surface area contributed by atoms with Crippen molar-refractivity contribution in [3.05, 3.63) is 89.5 Å². The Kier molecular flexibility index (Phi) is 11.0. The van der Waals surface area contributed by atoms with Crippen LogP contribution in [0.4, 0.5) is 0 Å². The van der Waals surface area contributed by atoms with Gasteiger partial charge in [-0.1, -0.05) is 36.4 Å². The summed E-state index contributed by atoms with van der Waals surface area (Å²) in [5, 5.41) is 26.3. The molecule has 0 amide bonds. The summed E-state index contributed by atoms with van der Waals surface area (Å²) in [5.41, 5.74) is 3.67. The summed E-state index contributed by atoms with van der Waals surface area (Å²) >= 11 is 5.12. The minimum Gasteiger partial charge on any atom is -0.198 e. The van der Waals surface area contributed by atoms with E-state index in [1.165, 1.54) is 31.4 Å². The van der Waals surface area contributed by atoms with Crippen molar-refractivity contribution in [2.75, 3.05) is 17.3 Å². The van der Waals surface area contributed by atoms with Gasteiger partial charge >= 0.3 is 0 Å². The molecule has 0 aromatic heterocycles. The Morgan fingerprint density at radius 2 is 0.735 bits per heavy atom. The highest BCUT2D eigenvalue weighted by molar-refractivity contribution is 7.99. The first-order valence-electron chi connectivity index (χ1n) is 11.0. The molecule has 0 aliphatic carbocycles. The third kappa shape index (κ3) is 7.89. The maximum atomic E-state index is 8.78. The Hall–Kier alpha value is -2.82. The molecule has 34 heavy (non-hydrogen) atoms. The monoisotopic (exact) mass is 499 g/mol. The van der Waals surface area contributed by atoms with Crippen molar-refractivity contribution in [3.8, 4) is 18.2 Å². The molecule has 0 spiro atoms. The number of rotatable bonds is 12. The summed E-state index contributed by atoms with van der Waals surface area (Å²) in [6.07, 6.45) is 1.64. The summed E-state index contributed by atoms with van der Waals surface area (Å²) in [6, 6.07) is 32.5. The number of hydrogen-bond donors (Lipinski definition) is 0. The lowest BCUT2D eigenvalue weighted by Crippen LogP contribution is -2.03. The van der Waals surface area contributed by atoms with E-state index in [1.807, 2.05) is 0 Å². The first-order valence-corrected chi connectivity index (χ1v) is 14.0. The van der Waals surface area contributed by atoms with Gasteiger partial charge in [-0.25, -0.2) is 0 Å². The Balaban J connectivity index is 1.85. The van der Waals surface area contributed by atoms with Crippen LogP contribution in [0.25, 0.3) is 0 Å². The second-order valence-corrected chi connectivity index (χ2v) is 10.9. The van der Waals surface area contributed by atoms with Gasteiger partial charge in [0.05, 0.1) is 18.2 Å². The Morgan fingerprint density at radius 1 is 0.471 bits per heavy atom. The van der Waals surface area contributed by atoms with Crippen LogP contribution in [0.5, 0.6) is 0 Å². The molecule has 0 bridgehead atoms. The van der Waals surface area contributed by atoms with Gasteiger partial charge in [0.2, 0.25) is 0 Å². The third-order valence-corrected chi connectivity index (χ3v) is 8.13. The molecular formula is C28H25N3S3. The molecule has 170 valence electrons. The van der Waals surface area contributed by atoms with E-state index in [9.17, 15) is 0 Å². The molecule has 0 N–H and O–H groups in total. The van der Waals surface area contributed by atoms with Gasteiger partial charge in [0.1, 0.15) is 0 Å². The number of benzene rings is 3. The second kappa shape index (κ2) is 14.4. The average molecular weight is 500 g/mol. The van der Waals surface area contributed by atoms with Gasteiger partial charge in [-0.3, -0.25) is 0 Å². The zero-order chi connectivity index (χ0) is 24.0. The molecule has 6 heteroatoms. The van der Waals surface area contributed by atoms with Gasteiger partial charge in [0.15, 0.2) is 0 Å². The van der Waals surface area contributed by atoms with E-state index in [1.54, 1.807) is 35.3 Å². The Morgan fingerprint density at radius 3 is 0.971 bits per heavy atom. The number of thioether (sulfide) groups is 3. The van der Waals surface area contributed by atoms with Crippen molar-refractivity contribution in [1.82, 2.24) is 0 Å². The van der Waals surface area contributed by atoms with E-state index in [0.717, 1.165) is 17.3 Å². The van der Waals surface area contributed by atoms with Crippen LogP contribution in [0.2, 0.25) is 0 Å². The zero-order valence-corrected chi connectivity index (χ0v) is 21.3. The molecule has 0 heterocycles. The van der Waals surface area contributed by atoms with Crippen molar-refractivity contribution in [1.29, 1.82) is 15.8 Å². The van der Waals surface area contributed by atoms with E-state index >= 15 is 0 Å². The molecule has 3 rings (SSSR count). The SMILES string of the molecule is N#CCCSc1ccc(C(c2ccc(SCCC#N)cc2)c2ccc(SCCC#N)cc2)cc1. The van der Waals surface area contributed by atoms with Gasteiger partial charge in [0, 0.05) is 57.1 Å². The normalized spacial score (nSPS) is 10.4. The van der Waals surface area contributed by atoms with Crippen LogP contribution in [-0.4, -0.2) is 17.3 Å². The Labute approximate surface area is 215 Å². The fraction of sp³-hybridized carbons (Fsp3) is 0.250. The van der Waals surface area contributed by atoms with Crippen LogP contribution in [0.15, 0.2) is 87.5 Å². The van der Waals surface area contributed by atoms with E-state index in [0.29, 0.717) is 19.3 Å². The van der Waals surface area contributed by atoms with E-state index < -0.39 is 0 Å². The fourth-order valence-corrected chi connectivity index (χ4v) is 5.76. The molecule has 3 nitrogen and oxygen atoms in total. The summed E-state index contributed by atoms with van der Waals surface area (Å²) in [4.78, 5) is 3.52. The van der Waals surface area contributed by atoms with Gasteiger partial charge in [-0.15, -0.1) is 35.3 Å². The predicted molar refractivity (Wildman–Crippen MR) is 143 cm³/mol. The van der Waals surface area contributed by atoms with Crippen LogP contribution >= 0.6 is 35.3 Å². The molecule has 0 radical (unpaired) electrons. The second-order valence-electron chi connectivity index (χ2n) is 7.41. The lowest BCUT2D eigenvalue weighted by atomic mass is 9.85. The highest BCUT2D eigenvalue weighted by Crippen LogP contribution is 2.35. The van der Waals surface area contributed by atoms with Crippen molar-refractivity contribution >= 4 is 35.3 Å². The molecule has 0 aliphatic heterocycles. The summed E-state index contributed by atoms with van der Waals surface area (Å²) < 4.78 is 0. The van der Waals surface area contributed by atoms with Gasteiger partial charge in [-0.05, 0) is 53.1 Å². The zero-order valence-electron chi connectivity index (χ0n) is 18.8. The maximum Gasteiger partial charge on any atom is 0.0630 e. The van der Waals surface area contributed by atoms with E-state index in [2.05, 4.69) is 91.0 Å². The van der Waals surface area contributed by atoms with Crippen molar-refractivity contribution in [2.24, 2.45) is 0 Å². The molecule has 0 saturated carbocycles. The standard InChI is InChI=1S/C28H25N3S3/c29-16-1-19-32-25-10-4-22(5-11-25)28(23-6-12-26(13-7-23)33-20-2-17-30)24-8-14-27(15-9-24)34-21-3-18-31/h4-15,28H,1-3,19-21H2. The molecule has 0 fully saturated rings. The lowest BCUT2D eigenvalue weighted by molar-refractivity contribution is 0.967. The van der Waals surface area contributed by atoms with Gasteiger partial charge in [0.25, 0.3) is 0 Å². The minimum atomic E-state index is 0.106. The van der Waals surface area contributed by atoms with Crippen LogP contribution < -0.4 is 0 Å². The van der Waals surface area contributed by atoms with Crippen molar-refractivity contribution < 1.29 is 0 Å². The molecule has 3 aromatic rings.